The third kappa shape index (κ3) is 6.87. The van der Waals surface area contributed by atoms with Crippen molar-refractivity contribution in [3.05, 3.63) is 138 Å². The molecule has 1 heterocycles. The van der Waals surface area contributed by atoms with E-state index in [4.69, 9.17) is 0 Å². The first-order valence-corrected chi connectivity index (χ1v) is 11.8. The Morgan fingerprint density at radius 2 is 1.34 bits per heavy atom. The molecular weight excluding hydrogens is 434 g/mol. The van der Waals surface area contributed by atoms with E-state index < -0.39 is 6.04 Å². The van der Waals surface area contributed by atoms with Crippen LogP contribution in [0.1, 0.15) is 34.7 Å². The number of pyridine rings is 1. The maximum atomic E-state index is 13.7. The molecule has 5 nitrogen and oxygen atoms in total. The Morgan fingerprint density at radius 3 is 1.97 bits per heavy atom. The Morgan fingerprint density at radius 1 is 0.743 bits per heavy atom. The summed E-state index contributed by atoms with van der Waals surface area (Å²) in [7, 11) is 0. The van der Waals surface area contributed by atoms with Gasteiger partial charge in [-0.3, -0.25) is 14.6 Å². The maximum Gasteiger partial charge on any atom is 0.247 e. The zero-order chi connectivity index (χ0) is 24.3. The first kappa shape index (κ1) is 23.9. The van der Waals surface area contributed by atoms with Gasteiger partial charge in [-0.05, 0) is 34.7 Å². The molecule has 0 saturated heterocycles. The Kier molecular flexibility index (Phi) is 8.38. The lowest BCUT2D eigenvalue weighted by Crippen LogP contribution is -2.43. The van der Waals surface area contributed by atoms with Gasteiger partial charge in [-0.2, -0.15) is 0 Å². The minimum Gasteiger partial charge on any atom is -0.350 e. The second-order valence-corrected chi connectivity index (χ2v) is 8.39. The largest absolute Gasteiger partial charge is 0.350 e. The van der Waals surface area contributed by atoms with Crippen LogP contribution in [-0.2, 0) is 29.1 Å². The molecule has 4 aromatic rings. The molecule has 3 aromatic carbocycles. The molecule has 176 valence electrons. The van der Waals surface area contributed by atoms with Crippen molar-refractivity contribution < 1.29 is 9.59 Å². The number of amides is 2. The van der Waals surface area contributed by atoms with Crippen LogP contribution in [0, 0.1) is 0 Å². The van der Waals surface area contributed by atoms with Crippen LogP contribution >= 0.6 is 0 Å². The Bertz CT molecular complexity index is 1200. The predicted octanol–water partition coefficient (Wildman–Crippen LogP) is 5.10. The summed E-state index contributed by atoms with van der Waals surface area (Å²) in [4.78, 5) is 33.1. The Hall–Kier alpha value is -4.25. The number of aryl methyl sites for hydroxylation is 1. The van der Waals surface area contributed by atoms with Crippen LogP contribution < -0.4 is 5.32 Å². The van der Waals surface area contributed by atoms with Crippen molar-refractivity contribution in [2.24, 2.45) is 0 Å². The van der Waals surface area contributed by atoms with Gasteiger partial charge in [-0.1, -0.05) is 97.1 Å². The lowest BCUT2D eigenvalue weighted by atomic mass is 10.0. The number of benzene rings is 3. The standard InChI is InChI=1S/C30H29N3O2/c34-28(19-18-24-11-4-1-5-12-24)33(23-25-13-6-2-7-14-25)29(27-16-8-3-9-17-27)30(35)32-22-26-15-10-20-31-21-26/h1-17,20-21,29H,18-19,22-23H2,(H,32,35). The van der Waals surface area contributed by atoms with E-state index in [1.165, 1.54) is 0 Å². The highest BCUT2D eigenvalue weighted by molar-refractivity contribution is 5.88. The van der Waals surface area contributed by atoms with Crippen molar-refractivity contribution in [2.45, 2.75) is 32.0 Å². The molecule has 0 bridgehead atoms. The molecule has 0 spiro atoms. The van der Waals surface area contributed by atoms with Crippen molar-refractivity contribution in [3.8, 4) is 0 Å². The molecule has 1 atom stereocenters. The molecule has 2 amide bonds. The average Bonchev–Trinajstić information content (AvgIpc) is 2.92. The van der Waals surface area contributed by atoms with Gasteiger partial charge in [-0.15, -0.1) is 0 Å². The van der Waals surface area contributed by atoms with Crippen molar-refractivity contribution in [1.29, 1.82) is 0 Å². The normalized spacial score (nSPS) is 11.4. The van der Waals surface area contributed by atoms with Gasteiger partial charge in [-0.25, -0.2) is 0 Å². The number of aromatic nitrogens is 1. The van der Waals surface area contributed by atoms with E-state index in [-0.39, 0.29) is 11.8 Å². The summed E-state index contributed by atoms with van der Waals surface area (Å²) in [5, 5.41) is 3.02. The van der Waals surface area contributed by atoms with Gasteiger partial charge in [0.1, 0.15) is 6.04 Å². The molecule has 0 saturated carbocycles. The third-order valence-electron chi connectivity index (χ3n) is 5.85. The second kappa shape index (κ2) is 12.3. The molecule has 1 aromatic heterocycles. The Balaban J connectivity index is 1.61. The molecule has 0 aliphatic rings. The fourth-order valence-electron chi connectivity index (χ4n) is 4.04. The SMILES string of the molecule is O=C(NCc1cccnc1)C(c1ccccc1)N(Cc1ccccc1)C(=O)CCc1ccccc1. The zero-order valence-electron chi connectivity index (χ0n) is 19.6. The second-order valence-electron chi connectivity index (χ2n) is 8.39. The summed E-state index contributed by atoms with van der Waals surface area (Å²) >= 11 is 0. The van der Waals surface area contributed by atoms with Crippen molar-refractivity contribution >= 4 is 11.8 Å². The minimum absolute atomic E-state index is 0.0666. The highest BCUT2D eigenvalue weighted by atomic mass is 16.2. The Labute approximate surface area is 206 Å². The van der Waals surface area contributed by atoms with Crippen molar-refractivity contribution in [3.63, 3.8) is 0 Å². The van der Waals surface area contributed by atoms with Crippen molar-refractivity contribution in [2.75, 3.05) is 0 Å². The molecule has 4 rings (SSSR count). The van der Waals surface area contributed by atoms with E-state index in [1.807, 2.05) is 103 Å². The number of nitrogens with one attached hydrogen (secondary N) is 1. The highest BCUT2D eigenvalue weighted by Crippen LogP contribution is 2.25. The summed E-state index contributed by atoms with van der Waals surface area (Å²) in [6.45, 7) is 0.682. The first-order valence-electron chi connectivity index (χ1n) is 11.8. The molecule has 35 heavy (non-hydrogen) atoms. The van der Waals surface area contributed by atoms with Crippen LogP contribution in [0.5, 0.6) is 0 Å². The lowest BCUT2D eigenvalue weighted by Gasteiger charge is -2.32. The summed E-state index contributed by atoms with van der Waals surface area (Å²) in [6.07, 6.45) is 4.36. The number of hydrogen-bond acceptors (Lipinski definition) is 3. The highest BCUT2D eigenvalue weighted by Gasteiger charge is 2.31. The van der Waals surface area contributed by atoms with Gasteiger partial charge in [0.2, 0.25) is 11.8 Å². The number of hydrogen-bond donors (Lipinski definition) is 1. The van der Waals surface area contributed by atoms with E-state index in [2.05, 4.69) is 10.3 Å². The van der Waals surface area contributed by atoms with E-state index in [9.17, 15) is 9.59 Å². The van der Waals surface area contributed by atoms with Gasteiger partial charge in [0.15, 0.2) is 0 Å². The quantitative estimate of drug-likeness (QED) is 0.356. The average molecular weight is 464 g/mol. The zero-order valence-corrected chi connectivity index (χ0v) is 19.6. The van der Waals surface area contributed by atoms with Crippen LogP contribution in [-0.4, -0.2) is 21.7 Å². The summed E-state index contributed by atoms with van der Waals surface area (Å²) in [5.41, 5.74) is 3.75. The smallest absolute Gasteiger partial charge is 0.247 e. The maximum absolute atomic E-state index is 13.7. The fraction of sp³-hybridized carbons (Fsp3) is 0.167. The van der Waals surface area contributed by atoms with Gasteiger partial charge >= 0.3 is 0 Å². The molecule has 0 radical (unpaired) electrons. The van der Waals surface area contributed by atoms with Gasteiger partial charge in [0.05, 0.1) is 0 Å². The molecule has 1 unspecified atom stereocenters. The van der Waals surface area contributed by atoms with E-state index in [0.29, 0.717) is 25.9 Å². The first-order chi connectivity index (χ1) is 17.2. The van der Waals surface area contributed by atoms with Crippen LogP contribution in [0.4, 0.5) is 0 Å². The number of nitrogens with zero attached hydrogens (tertiary/aromatic N) is 2. The van der Waals surface area contributed by atoms with Crippen LogP contribution in [0.15, 0.2) is 116 Å². The van der Waals surface area contributed by atoms with E-state index >= 15 is 0 Å². The van der Waals surface area contributed by atoms with E-state index in [1.54, 1.807) is 17.3 Å². The molecule has 0 fully saturated rings. The lowest BCUT2D eigenvalue weighted by molar-refractivity contribution is -0.141. The summed E-state index contributed by atoms with van der Waals surface area (Å²) in [5.74, 6) is -0.285. The number of carbonyl (C=O) groups excluding carboxylic acids is 2. The molecular formula is C30H29N3O2. The predicted molar refractivity (Wildman–Crippen MR) is 137 cm³/mol. The number of rotatable bonds is 10. The van der Waals surface area contributed by atoms with Gasteiger partial charge < -0.3 is 10.2 Å². The fourth-order valence-corrected chi connectivity index (χ4v) is 4.04. The van der Waals surface area contributed by atoms with E-state index in [0.717, 1.165) is 22.3 Å². The van der Waals surface area contributed by atoms with Crippen LogP contribution in [0.25, 0.3) is 0 Å². The third-order valence-corrected chi connectivity index (χ3v) is 5.85. The van der Waals surface area contributed by atoms with Gasteiger partial charge in [0, 0.05) is 31.9 Å². The topological polar surface area (TPSA) is 62.3 Å². The molecule has 0 aliphatic heterocycles. The minimum atomic E-state index is -0.753. The molecule has 0 aliphatic carbocycles. The van der Waals surface area contributed by atoms with Crippen LogP contribution in [0.3, 0.4) is 0 Å². The van der Waals surface area contributed by atoms with Crippen molar-refractivity contribution in [1.82, 2.24) is 15.2 Å². The summed E-state index contributed by atoms with van der Waals surface area (Å²) < 4.78 is 0. The monoisotopic (exact) mass is 463 g/mol. The number of carbonyl (C=O) groups is 2. The molecule has 1 N–H and O–H groups in total. The van der Waals surface area contributed by atoms with Gasteiger partial charge in [0.25, 0.3) is 0 Å². The van der Waals surface area contributed by atoms with Crippen LogP contribution in [0.2, 0.25) is 0 Å². The molecule has 5 heteroatoms. The summed E-state index contributed by atoms with van der Waals surface area (Å²) in [6, 6.07) is 32.2.